The Balaban J connectivity index is 1.57. The van der Waals surface area contributed by atoms with E-state index in [0.29, 0.717) is 28.5 Å². The zero-order valence-electron chi connectivity index (χ0n) is 18.8. The molecule has 0 saturated heterocycles. The molecular formula is C24H26N2O6S. The van der Waals surface area contributed by atoms with Gasteiger partial charge in [0.05, 0.1) is 36.2 Å². The highest BCUT2D eigenvalue weighted by atomic mass is 32.1. The Bertz CT molecular complexity index is 1100. The molecule has 0 bridgehead atoms. The van der Waals surface area contributed by atoms with Crippen molar-refractivity contribution in [3.63, 3.8) is 0 Å². The first kappa shape index (κ1) is 24.1. The fourth-order valence-electron chi connectivity index (χ4n) is 2.96. The smallest absolute Gasteiger partial charge is 0.338 e. The van der Waals surface area contributed by atoms with Gasteiger partial charge in [0.2, 0.25) is 0 Å². The minimum atomic E-state index is -0.501. The number of rotatable bonds is 11. The number of nitrogens with one attached hydrogen (secondary N) is 1. The molecule has 2 aromatic carbocycles. The largest absolute Gasteiger partial charge is 0.495 e. The van der Waals surface area contributed by atoms with E-state index in [4.69, 9.17) is 18.9 Å². The molecule has 8 nitrogen and oxygen atoms in total. The molecule has 0 aliphatic rings. The maximum atomic E-state index is 12.4. The number of hydrogen-bond acceptors (Lipinski definition) is 8. The molecule has 174 valence electrons. The van der Waals surface area contributed by atoms with Crippen LogP contribution in [0.1, 0.15) is 34.4 Å². The van der Waals surface area contributed by atoms with Gasteiger partial charge in [0.25, 0.3) is 5.91 Å². The van der Waals surface area contributed by atoms with Gasteiger partial charge in [-0.3, -0.25) is 4.79 Å². The fourth-order valence-corrected chi connectivity index (χ4v) is 3.84. The first-order chi connectivity index (χ1) is 16.0. The number of esters is 1. The van der Waals surface area contributed by atoms with Crippen molar-refractivity contribution in [2.75, 3.05) is 26.1 Å². The highest BCUT2D eigenvalue weighted by molar-refractivity contribution is 7.09. The first-order valence-electron chi connectivity index (χ1n) is 10.4. The van der Waals surface area contributed by atoms with Crippen molar-refractivity contribution in [3.05, 3.63) is 64.1 Å². The van der Waals surface area contributed by atoms with Crippen molar-refractivity contribution in [3.8, 4) is 17.2 Å². The maximum absolute atomic E-state index is 12.4. The van der Waals surface area contributed by atoms with Crippen molar-refractivity contribution >= 4 is 28.9 Å². The molecule has 0 fully saturated rings. The van der Waals surface area contributed by atoms with Crippen LogP contribution in [0.4, 0.5) is 5.69 Å². The zero-order valence-corrected chi connectivity index (χ0v) is 19.6. The van der Waals surface area contributed by atoms with Crippen LogP contribution >= 0.6 is 11.3 Å². The quantitative estimate of drug-likeness (QED) is 0.413. The molecule has 3 aromatic rings. The number of benzene rings is 2. The lowest BCUT2D eigenvalue weighted by molar-refractivity contribution is -0.118. The van der Waals surface area contributed by atoms with Crippen LogP contribution in [0.25, 0.3) is 0 Å². The van der Waals surface area contributed by atoms with Gasteiger partial charge in [-0.15, -0.1) is 11.3 Å². The molecule has 33 heavy (non-hydrogen) atoms. The van der Waals surface area contributed by atoms with Gasteiger partial charge in [0, 0.05) is 5.38 Å². The number of aryl methyl sites for hydroxylation is 1. The molecule has 0 aliphatic carbocycles. The van der Waals surface area contributed by atoms with Crippen molar-refractivity contribution in [2.24, 2.45) is 0 Å². The van der Waals surface area contributed by atoms with Crippen LogP contribution in [-0.2, 0) is 22.6 Å². The maximum Gasteiger partial charge on any atom is 0.338 e. The minimum absolute atomic E-state index is 0.0999. The number of carbonyl (C=O) groups excluding carboxylic acids is 2. The number of carbonyl (C=O) groups is 2. The Morgan fingerprint density at radius 1 is 1.03 bits per heavy atom. The van der Waals surface area contributed by atoms with E-state index >= 15 is 0 Å². The second-order valence-electron chi connectivity index (χ2n) is 6.96. The molecule has 0 spiro atoms. The summed E-state index contributed by atoms with van der Waals surface area (Å²) in [6.45, 7) is 1.94. The van der Waals surface area contributed by atoms with E-state index in [1.54, 1.807) is 41.7 Å². The second-order valence-corrected chi connectivity index (χ2v) is 7.90. The number of para-hydroxylation sites is 2. The lowest BCUT2D eigenvalue weighted by Gasteiger charge is -2.13. The summed E-state index contributed by atoms with van der Waals surface area (Å²) in [5.41, 5.74) is 1.58. The third-order valence-corrected chi connectivity index (χ3v) is 5.51. The summed E-state index contributed by atoms with van der Waals surface area (Å²) in [5, 5.41) is 5.66. The molecular weight excluding hydrogens is 444 g/mol. The summed E-state index contributed by atoms with van der Waals surface area (Å²) < 4.78 is 21.5. The summed E-state index contributed by atoms with van der Waals surface area (Å²) in [5.74, 6) is 0.321. The minimum Gasteiger partial charge on any atom is -0.495 e. The predicted molar refractivity (Wildman–Crippen MR) is 125 cm³/mol. The predicted octanol–water partition coefficient (Wildman–Crippen LogP) is 4.49. The fraction of sp³-hybridized carbons (Fsp3) is 0.292. The van der Waals surface area contributed by atoms with E-state index in [0.717, 1.165) is 23.5 Å². The van der Waals surface area contributed by atoms with Crippen molar-refractivity contribution < 1.29 is 28.5 Å². The van der Waals surface area contributed by atoms with Crippen LogP contribution in [0, 0.1) is 0 Å². The molecule has 0 aliphatic heterocycles. The molecule has 1 aromatic heterocycles. The number of nitrogens with zero attached hydrogens (tertiary/aromatic N) is 1. The molecule has 1 N–H and O–H groups in total. The number of anilines is 1. The lowest BCUT2D eigenvalue weighted by Crippen LogP contribution is -2.20. The topological polar surface area (TPSA) is 96.0 Å². The van der Waals surface area contributed by atoms with Gasteiger partial charge in [-0.1, -0.05) is 19.1 Å². The number of methoxy groups -OCH3 is 2. The average molecular weight is 471 g/mol. The highest BCUT2D eigenvalue weighted by Gasteiger charge is 2.15. The van der Waals surface area contributed by atoms with Gasteiger partial charge >= 0.3 is 5.97 Å². The third kappa shape index (κ3) is 6.69. The van der Waals surface area contributed by atoms with Crippen LogP contribution in [0.15, 0.2) is 47.8 Å². The monoisotopic (exact) mass is 470 g/mol. The van der Waals surface area contributed by atoms with Crippen LogP contribution in [-0.4, -0.2) is 37.7 Å². The van der Waals surface area contributed by atoms with Crippen molar-refractivity contribution in [1.82, 2.24) is 4.98 Å². The number of thiazole rings is 1. The first-order valence-corrected chi connectivity index (χ1v) is 11.3. The number of aromatic nitrogens is 1. The Kier molecular flexibility index (Phi) is 8.65. The molecule has 3 rings (SSSR count). The highest BCUT2D eigenvalue weighted by Crippen LogP contribution is 2.29. The van der Waals surface area contributed by atoms with Crippen molar-refractivity contribution in [2.45, 2.75) is 26.4 Å². The molecule has 0 atom stereocenters. The van der Waals surface area contributed by atoms with Crippen LogP contribution in [0.3, 0.4) is 0 Å². The summed E-state index contributed by atoms with van der Waals surface area (Å²) >= 11 is 1.56. The molecule has 0 unspecified atom stereocenters. The number of hydrogen-bond donors (Lipinski definition) is 1. The molecule has 1 heterocycles. The Morgan fingerprint density at radius 3 is 2.58 bits per heavy atom. The molecule has 0 radical (unpaired) electrons. The van der Waals surface area contributed by atoms with E-state index < -0.39 is 5.97 Å². The summed E-state index contributed by atoms with van der Waals surface area (Å²) in [4.78, 5) is 29.2. The summed E-state index contributed by atoms with van der Waals surface area (Å²) in [7, 11) is 2.98. The van der Waals surface area contributed by atoms with Crippen LogP contribution in [0.2, 0.25) is 0 Å². The summed E-state index contributed by atoms with van der Waals surface area (Å²) in [6.07, 6.45) is 1.93. The molecule has 0 saturated carbocycles. The SMILES string of the molecule is CCCc1nc(COC(=O)c2ccc(OCC(=O)Nc3ccccc3OC)c(OC)c2)cs1. The van der Waals surface area contributed by atoms with E-state index in [-0.39, 0.29) is 19.1 Å². The standard InChI is InChI=1S/C24H26N2O6S/c1-4-7-23-25-17(15-33-23)13-32-24(28)16-10-11-20(21(12-16)30-3)31-14-22(27)26-18-8-5-6-9-19(18)29-2/h5-6,8-12,15H,4,7,13-14H2,1-3H3,(H,26,27). The van der Waals surface area contributed by atoms with Gasteiger partial charge in [-0.2, -0.15) is 0 Å². The van der Waals surface area contributed by atoms with Gasteiger partial charge in [-0.05, 0) is 43.2 Å². The van der Waals surface area contributed by atoms with E-state index in [9.17, 15) is 9.59 Å². The average Bonchev–Trinajstić information content (AvgIpc) is 3.29. The van der Waals surface area contributed by atoms with Crippen LogP contribution in [0.5, 0.6) is 17.2 Å². The van der Waals surface area contributed by atoms with Gasteiger partial charge in [0.15, 0.2) is 18.1 Å². The lowest BCUT2D eigenvalue weighted by atomic mass is 10.2. The Hall–Kier alpha value is -3.59. The third-order valence-electron chi connectivity index (χ3n) is 4.55. The van der Waals surface area contributed by atoms with E-state index in [1.807, 2.05) is 11.4 Å². The van der Waals surface area contributed by atoms with Crippen LogP contribution < -0.4 is 19.5 Å². The molecule has 1 amide bonds. The summed E-state index contributed by atoms with van der Waals surface area (Å²) in [6, 6.07) is 11.7. The van der Waals surface area contributed by atoms with Gasteiger partial charge < -0.3 is 24.3 Å². The molecule has 9 heteroatoms. The van der Waals surface area contributed by atoms with Gasteiger partial charge in [0.1, 0.15) is 12.4 Å². The number of amides is 1. The van der Waals surface area contributed by atoms with E-state index in [1.165, 1.54) is 20.3 Å². The van der Waals surface area contributed by atoms with Gasteiger partial charge in [-0.25, -0.2) is 9.78 Å². The Labute approximate surface area is 196 Å². The zero-order chi connectivity index (χ0) is 23.6. The normalized spacial score (nSPS) is 10.4. The van der Waals surface area contributed by atoms with E-state index in [2.05, 4.69) is 17.2 Å². The van der Waals surface area contributed by atoms with Crippen molar-refractivity contribution in [1.29, 1.82) is 0 Å². The Morgan fingerprint density at radius 2 is 1.82 bits per heavy atom. The second kappa shape index (κ2) is 11.9. The number of ether oxygens (including phenoxy) is 4.